The molecule has 0 saturated heterocycles. The summed E-state index contributed by atoms with van der Waals surface area (Å²) >= 11 is 0. The number of carbonyl (C=O) groups excluding carboxylic acids is 2. The number of hydrogen-bond donors (Lipinski definition) is 2. The van der Waals surface area contributed by atoms with Gasteiger partial charge in [0.05, 0.1) is 12.6 Å². The van der Waals surface area contributed by atoms with E-state index >= 15 is 0 Å². The SMILES string of the molecule is CCn1nccc1C(=O)N[C@H]1Cc2cc(C(=O)NCc3ccccc3)nn2C1. The van der Waals surface area contributed by atoms with E-state index in [1.165, 1.54) is 0 Å². The highest BCUT2D eigenvalue weighted by Crippen LogP contribution is 2.17. The second kappa shape index (κ2) is 7.67. The van der Waals surface area contributed by atoms with Crippen LogP contribution >= 0.6 is 0 Å². The van der Waals surface area contributed by atoms with Crippen molar-refractivity contribution in [3.8, 4) is 0 Å². The van der Waals surface area contributed by atoms with E-state index < -0.39 is 0 Å². The average Bonchev–Trinajstić information content (AvgIpc) is 3.41. The highest BCUT2D eigenvalue weighted by Gasteiger charge is 2.27. The zero-order chi connectivity index (χ0) is 19.5. The number of aryl methyl sites for hydroxylation is 1. The summed E-state index contributed by atoms with van der Waals surface area (Å²) in [5.74, 6) is -0.339. The minimum atomic E-state index is -0.196. The maximum Gasteiger partial charge on any atom is 0.272 e. The molecule has 0 fully saturated rings. The first-order valence-corrected chi connectivity index (χ1v) is 9.35. The van der Waals surface area contributed by atoms with Crippen molar-refractivity contribution in [1.29, 1.82) is 0 Å². The monoisotopic (exact) mass is 378 g/mol. The van der Waals surface area contributed by atoms with Gasteiger partial charge in [-0.15, -0.1) is 0 Å². The van der Waals surface area contributed by atoms with E-state index in [1.807, 2.05) is 37.3 Å². The maximum absolute atomic E-state index is 12.4. The number of carbonyl (C=O) groups is 2. The molecule has 144 valence electrons. The lowest BCUT2D eigenvalue weighted by Gasteiger charge is -2.12. The zero-order valence-corrected chi connectivity index (χ0v) is 15.6. The fraction of sp³-hybridized carbons (Fsp3) is 0.300. The molecule has 1 aliphatic rings. The quantitative estimate of drug-likeness (QED) is 0.678. The first-order valence-electron chi connectivity index (χ1n) is 9.35. The van der Waals surface area contributed by atoms with Crippen LogP contribution in [-0.2, 0) is 26.1 Å². The van der Waals surface area contributed by atoms with Crippen LogP contribution in [0.15, 0.2) is 48.7 Å². The van der Waals surface area contributed by atoms with Gasteiger partial charge in [-0.25, -0.2) is 0 Å². The van der Waals surface area contributed by atoms with Crippen molar-refractivity contribution >= 4 is 11.8 Å². The molecule has 3 aromatic rings. The lowest BCUT2D eigenvalue weighted by molar-refractivity contribution is 0.0919. The van der Waals surface area contributed by atoms with Gasteiger partial charge in [0, 0.05) is 31.4 Å². The summed E-state index contributed by atoms with van der Waals surface area (Å²) in [5, 5.41) is 14.4. The summed E-state index contributed by atoms with van der Waals surface area (Å²) in [6, 6.07) is 13.2. The number of fused-ring (bicyclic) bond motifs is 1. The largest absolute Gasteiger partial charge is 0.347 e. The van der Waals surface area contributed by atoms with Gasteiger partial charge < -0.3 is 10.6 Å². The van der Waals surface area contributed by atoms with E-state index in [0.717, 1.165) is 11.3 Å². The molecule has 2 amide bonds. The van der Waals surface area contributed by atoms with E-state index in [9.17, 15) is 9.59 Å². The summed E-state index contributed by atoms with van der Waals surface area (Å²) in [4.78, 5) is 24.8. The summed E-state index contributed by atoms with van der Waals surface area (Å²) in [6.07, 6.45) is 2.27. The molecule has 28 heavy (non-hydrogen) atoms. The number of nitrogens with zero attached hydrogens (tertiary/aromatic N) is 4. The van der Waals surface area contributed by atoms with E-state index in [4.69, 9.17) is 0 Å². The molecule has 0 saturated carbocycles. The molecule has 0 spiro atoms. The molecule has 3 heterocycles. The van der Waals surface area contributed by atoms with Gasteiger partial charge in [-0.05, 0) is 24.6 Å². The van der Waals surface area contributed by atoms with Crippen LogP contribution in [0.5, 0.6) is 0 Å². The van der Waals surface area contributed by atoms with Crippen molar-refractivity contribution in [3.63, 3.8) is 0 Å². The molecule has 0 radical (unpaired) electrons. The lowest BCUT2D eigenvalue weighted by atomic mass is 10.2. The topological polar surface area (TPSA) is 93.8 Å². The van der Waals surface area contributed by atoms with Gasteiger partial charge in [0.25, 0.3) is 11.8 Å². The fourth-order valence-electron chi connectivity index (χ4n) is 3.42. The molecular weight excluding hydrogens is 356 g/mol. The number of hydrogen-bond acceptors (Lipinski definition) is 4. The van der Waals surface area contributed by atoms with Crippen LogP contribution < -0.4 is 10.6 Å². The predicted molar refractivity (Wildman–Crippen MR) is 103 cm³/mol. The van der Waals surface area contributed by atoms with Gasteiger partial charge in [0.2, 0.25) is 0 Å². The highest BCUT2D eigenvalue weighted by molar-refractivity contribution is 5.93. The van der Waals surface area contributed by atoms with Crippen LogP contribution in [0, 0.1) is 0 Å². The smallest absolute Gasteiger partial charge is 0.272 e. The average molecular weight is 378 g/mol. The first-order chi connectivity index (χ1) is 13.6. The van der Waals surface area contributed by atoms with Crippen LogP contribution in [0.25, 0.3) is 0 Å². The molecule has 2 aromatic heterocycles. The summed E-state index contributed by atoms with van der Waals surface area (Å²) in [6.45, 7) is 3.60. The third-order valence-electron chi connectivity index (χ3n) is 4.82. The Bertz CT molecular complexity index is 968. The minimum Gasteiger partial charge on any atom is -0.347 e. The Balaban J connectivity index is 1.33. The molecule has 1 aromatic carbocycles. The van der Waals surface area contributed by atoms with Crippen LogP contribution in [-0.4, -0.2) is 37.4 Å². The Morgan fingerprint density at radius 3 is 2.75 bits per heavy atom. The third-order valence-corrected chi connectivity index (χ3v) is 4.82. The van der Waals surface area contributed by atoms with Gasteiger partial charge >= 0.3 is 0 Å². The summed E-state index contributed by atoms with van der Waals surface area (Å²) < 4.78 is 3.46. The van der Waals surface area contributed by atoms with Gasteiger partial charge in [-0.3, -0.25) is 19.0 Å². The van der Waals surface area contributed by atoms with Gasteiger partial charge in [0.1, 0.15) is 11.4 Å². The van der Waals surface area contributed by atoms with Crippen molar-refractivity contribution in [2.45, 2.75) is 39.0 Å². The molecule has 8 heteroatoms. The normalized spacial score (nSPS) is 15.2. The Morgan fingerprint density at radius 1 is 1.18 bits per heavy atom. The van der Waals surface area contributed by atoms with E-state index in [-0.39, 0.29) is 17.9 Å². The van der Waals surface area contributed by atoms with E-state index in [2.05, 4.69) is 20.8 Å². The molecular formula is C20H22N6O2. The predicted octanol–water partition coefficient (Wildman–Crippen LogP) is 1.38. The Hall–Kier alpha value is -3.42. The zero-order valence-electron chi connectivity index (χ0n) is 15.6. The number of amides is 2. The highest BCUT2D eigenvalue weighted by atomic mass is 16.2. The molecule has 0 aliphatic carbocycles. The molecule has 0 bridgehead atoms. The van der Waals surface area contributed by atoms with Gasteiger partial charge in [0.15, 0.2) is 0 Å². The van der Waals surface area contributed by atoms with E-state index in [0.29, 0.717) is 37.4 Å². The Kier molecular flexibility index (Phi) is 4.92. The van der Waals surface area contributed by atoms with Crippen molar-refractivity contribution in [3.05, 3.63) is 71.3 Å². The van der Waals surface area contributed by atoms with Crippen LogP contribution in [0.2, 0.25) is 0 Å². The molecule has 8 nitrogen and oxygen atoms in total. The number of aromatic nitrogens is 4. The van der Waals surface area contributed by atoms with Crippen molar-refractivity contribution < 1.29 is 9.59 Å². The first kappa shape index (κ1) is 18.0. The molecule has 0 unspecified atom stereocenters. The van der Waals surface area contributed by atoms with Crippen molar-refractivity contribution in [2.24, 2.45) is 0 Å². The van der Waals surface area contributed by atoms with Crippen LogP contribution in [0.3, 0.4) is 0 Å². The van der Waals surface area contributed by atoms with Crippen molar-refractivity contribution in [2.75, 3.05) is 0 Å². The summed E-state index contributed by atoms with van der Waals surface area (Å²) in [7, 11) is 0. The van der Waals surface area contributed by atoms with Crippen molar-refractivity contribution in [1.82, 2.24) is 30.2 Å². The van der Waals surface area contributed by atoms with Gasteiger partial charge in [-0.2, -0.15) is 10.2 Å². The number of benzene rings is 1. The maximum atomic E-state index is 12.4. The fourth-order valence-corrected chi connectivity index (χ4v) is 3.42. The summed E-state index contributed by atoms with van der Waals surface area (Å²) in [5.41, 5.74) is 2.93. The lowest BCUT2D eigenvalue weighted by Crippen LogP contribution is -2.37. The van der Waals surface area contributed by atoms with E-state index in [1.54, 1.807) is 27.7 Å². The molecule has 2 N–H and O–H groups in total. The van der Waals surface area contributed by atoms with Crippen LogP contribution in [0.4, 0.5) is 0 Å². The molecule has 1 atom stereocenters. The van der Waals surface area contributed by atoms with Gasteiger partial charge in [-0.1, -0.05) is 30.3 Å². The molecule has 4 rings (SSSR count). The second-order valence-electron chi connectivity index (χ2n) is 6.78. The number of nitrogens with one attached hydrogen (secondary N) is 2. The second-order valence-corrected chi connectivity index (χ2v) is 6.78. The third kappa shape index (κ3) is 3.66. The minimum absolute atomic E-state index is 0.0448. The Morgan fingerprint density at radius 2 is 2.00 bits per heavy atom. The molecule has 1 aliphatic heterocycles. The Labute approximate surface area is 162 Å². The number of rotatable bonds is 6. The standard InChI is InChI=1S/C20H22N6O2/c1-2-25-18(8-9-22-25)20(28)23-15-10-16-11-17(24-26(16)13-15)19(27)21-12-14-6-4-3-5-7-14/h3-9,11,15H,2,10,12-13H2,1H3,(H,21,27)(H,23,28)/t15-/m0/s1. The van der Waals surface area contributed by atoms with Crippen LogP contribution in [0.1, 0.15) is 39.2 Å².